The number of carboxylic acids is 2. The second-order valence-electron chi connectivity index (χ2n) is 9.96. The van der Waals surface area contributed by atoms with Crippen LogP contribution in [0.25, 0.3) is 21.7 Å². The van der Waals surface area contributed by atoms with Gasteiger partial charge in [0.25, 0.3) is 5.91 Å². The van der Waals surface area contributed by atoms with E-state index in [0.717, 1.165) is 32.8 Å². The fourth-order valence-electron chi connectivity index (χ4n) is 4.78. The van der Waals surface area contributed by atoms with Crippen LogP contribution in [0.2, 0.25) is 5.02 Å². The Hall–Kier alpha value is -4.46. The number of carbonyl (C=O) groups excluding carboxylic acids is 1. The van der Waals surface area contributed by atoms with Gasteiger partial charge in [0.2, 0.25) is 0 Å². The Morgan fingerprint density at radius 3 is 2.15 bits per heavy atom. The van der Waals surface area contributed by atoms with Crippen LogP contribution in [0.3, 0.4) is 0 Å². The lowest BCUT2D eigenvalue weighted by atomic mass is 9.97. The van der Waals surface area contributed by atoms with Crippen LogP contribution in [0.15, 0.2) is 78.9 Å². The summed E-state index contributed by atoms with van der Waals surface area (Å²) in [5.74, 6) is -2.44. The molecule has 1 atom stereocenters. The second kappa shape index (κ2) is 12.4. The van der Waals surface area contributed by atoms with Crippen LogP contribution in [-0.4, -0.2) is 37.7 Å². The van der Waals surface area contributed by atoms with E-state index >= 15 is 0 Å². The summed E-state index contributed by atoms with van der Waals surface area (Å²) in [5, 5.41) is 30.6. The molecule has 0 amide bonds. The van der Waals surface area contributed by atoms with Gasteiger partial charge in [-0.25, -0.2) is 0 Å². The number of carbonyl (C=O) groups is 3. The van der Waals surface area contributed by atoms with Crippen LogP contribution in [-0.2, 0) is 22.6 Å². The van der Waals surface area contributed by atoms with Crippen molar-refractivity contribution in [3.63, 3.8) is 0 Å². The molecule has 41 heavy (non-hydrogen) atoms. The molecule has 8 heteroatoms. The number of fused-ring (bicyclic) bond motifs is 2. The molecule has 1 aromatic heterocycles. The van der Waals surface area contributed by atoms with E-state index in [0.29, 0.717) is 27.4 Å². The Morgan fingerprint density at radius 2 is 1.51 bits per heavy atom. The van der Waals surface area contributed by atoms with E-state index in [1.165, 1.54) is 0 Å². The first-order valence-electron chi connectivity index (χ1n) is 13.0. The number of carboxylic acid groups (broad SMARTS) is 2. The fourth-order valence-corrected chi connectivity index (χ4v) is 4.90. The molecule has 7 nitrogen and oxygen atoms in total. The number of aliphatic hydroxyl groups is 1. The van der Waals surface area contributed by atoms with Gasteiger partial charge in [0, 0.05) is 21.7 Å². The number of hydrogen-bond acceptors (Lipinski definition) is 4. The number of nitrogens with zero attached hydrogens (tertiary/aromatic N) is 1. The third-order valence-electron chi connectivity index (χ3n) is 7.09. The van der Waals surface area contributed by atoms with Gasteiger partial charge in [0.05, 0.1) is 24.5 Å². The molecule has 1 heterocycles. The standard InChI is InChI=1S/C19H16ClNO3.C14H14O3/c1-11-3-8-17-16(9-11)15(10-18(22)23)12(2)21(17)19(24)13-4-6-14(20)7-5-13;1-9(14(16)17)11-4-5-12-6-10(8-15)2-3-13(12)7-11/h3-9H,10H2,1-2H3,(H,22,23);2-7,9,15H,8H2,1H3,(H,16,17)/t;9-/m.0/s1. The molecule has 4 aromatic carbocycles. The number of aliphatic hydroxyl groups excluding tert-OH is 1. The largest absolute Gasteiger partial charge is 0.481 e. The van der Waals surface area contributed by atoms with Gasteiger partial charge >= 0.3 is 11.9 Å². The van der Waals surface area contributed by atoms with E-state index in [2.05, 4.69) is 0 Å². The van der Waals surface area contributed by atoms with Crippen LogP contribution in [0.1, 0.15) is 51.1 Å². The van der Waals surface area contributed by atoms with Gasteiger partial charge < -0.3 is 15.3 Å². The molecule has 0 spiro atoms. The van der Waals surface area contributed by atoms with E-state index < -0.39 is 17.9 Å². The van der Waals surface area contributed by atoms with Crippen molar-refractivity contribution in [1.82, 2.24) is 4.57 Å². The maximum atomic E-state index is 12.9. The lowest BCUT2D eigenvalue weighted by Crippen LogP contribution is -2.14. The summed E-state index contributed by atoms with van der Waals surface area (Å²) in [6.07, 6.45) is -0.118. The minimum absolute atomic E-state index is 0.0171. The summed E-state index contributed by atoms with van der Waals surface area (Å²) in [5.41, 5.74) is 5.21. The van der Waals surface area contributed by atoms with Crippen molar-refractivity contribution in [2.45, 2.75) is 39.7 Å². The SMILES string of the molecule is C[C@H](C(=O)O)c1ccc2cc(CO)ccc2c1.Cc1ccc2c(c1)c(CC(=O)O)c(C)n2C(=O)c1ccc(Cl)cc1. The third kappa shape index (κ3) is 6.48. The lowest BCUT2D eigenvalue weighted by molar-refractivity contribution is -0.138. The van der Waals surface area contributed by atoms with E-state index in [4.69, 9.17) is 21.8 Å². The van der Waals surface area contributed by atoms with Crippen molar-refractivity contribution < 1.29 is 29.7 Å². The lowest BCUT2D eigenvalue weighted by Gasteiger charge is -2.08. The average molecular weight is 572 g/mol. The predicted octanol–water partition coefficient (Wildman–Crippen LogP) is 6.75. The van der Waals surface area contributed by atoms with Crippen LogP contribution in [0, 0.1) is 13.8 Å². The summed E-state index contributed by atoms with van der Waals surface area (Å²) in [6, 6.07) is 23.6. The number of rotatable bonds is 6. The van der Waals surface area contributed by atoms with Gasteiger partial charge in [-0.3, -0.25) is 19.0 Å². The minimum atomic E-state index is -0.919. The highest BCUT2D eigenvalue weighted by molar-refractivity contribution is 6.30. The molecule has 5 aromatic rings. The highest BCUT2D eigenvalue weighted by atomic mass is 35.5. The molecule has 0 aliphatic carbocycles. The number of benzene rings is 4. The molecule has 0 radical (unpaired) electrons. The molecule has 0 aliphatic rings. The van der Waals surface area contributed by atoms with Crippen molar-refractivity contribution in [2.75, 3.05) is 0 Å². The number of aromatic nitrogens is 1. The zero-order valence-corrected chi connectivity index (χ0v) is 23.6. The molecule has 0 unspecified atom stereocenters. The van der Waals surface area contributed by atoms with Crippen molar-refractivity contribution >= 4 is 51.1 Å². The van der Waals surface area contributed by atoms with Crippen molar-refractivity contribution in [3.05, 3.63) is 117 Å². The summed E-state index contributed by atoms with van der Waals surface area (Å²) in [4.78, 5) is 35.1. The summed E-state index contributed by atoms with van der Waals surface area (Å²) in [7, 11) is 0. The van der Waals surface area contributed by atoms with Gasteiger partial charge in [0.1, 0.15) is 0 Å². The number of aliphatic carboxylic acids is 2. The minimum Gasteiger partial charge on any atom is -0.481 e. The predicted molar refractivity (Wildman–Crippen MR) is 160 cm³/mol. The molecular weight excluding hydrogens is 542 g/mol. The quantitative estimate of drug-likeness (QED) is 0.208. The molecule has 0 fully saturated rings. The van der Waals surface area contributed by atoms with Crippen molar-refractivity contribution in [3.8, 4) is 0 Å². The average Bonchev–Trinajstić information content (AvgIpc) is 3.21. The van der Waals surface area contributed by atoms with Crippen molar-refractivity contribution in [1.29, 1.82) is 0 Å². The van der Waals surface area contributed by atoms with E-state index in [1.807, 2.05) is 61.5 Å². The maximum Gasteiger partial charge on any atom is 0.310 e. The topological polar surface area (TPSA) is 117 Å². The molecule has 210 valence electrons. The second-order valence-corrected chi connectivity index (χ2v) is 10.4. The first-order chi connectivity index (χ1) is 19.5. The molecule has 0 saturated carbocycles. The highest BCUT2D eigenvalue weighted by Crippen LogP contribution is 2.29. The van der Waals surface area contributed by atoms with Gasteiger partial charge in [-0.2, -0.15) is 0 Å². The number of halogens is 1. The molecule has 3 N–H and O–H groups in total. The highest BCUT2D eigenvalue weighted by Gasteiger charge is 2.21. The van der Waals surface area contributed by atoms with Gasteiger partial charge in [0.15, 0.2) is 0 Å². The van der Waals surface area contributed by atoms with Crippen LogP contribution in [0.4, 0.5) is 0 Å². The van der Waals surface area contributed by atoms with Crippen molar-refractivity contribution in [2.24, 2.45) is 0 Å². The summed E-state index contributed by atoms with van der Waals surface area (Å²) >= 11 is 5.88. The molecule has 0 saturated heterocycles. The number of hydrogen-bond donors (Lipinski definition) is 3. The first-order valence-corrected chi connectivity index (χ1v) is 13.4. The Bertz CT molecular complexity index is 1770. The van der Waals surface area contributed by atoms with E-state index in [9.17, 15) is 19.5 Å². The van der Waals surface area contributed by atoms with E-state index in [1.54, 1.807) is 42.7 Å². The monoisotopic (exact) mass is 571 g/mol. The Balaban J connectivity index is 0.000000201. The first kappa shape index (κ1) is 29.5. The Kier molecular flexibility index (Phi) is 8.91. The van der Waals surface area contributed by atoms with Crippen LogP contribution in [0.5, 0.6) is 0 Å². The molecular formula is C33H30ClNO6. The summed E-state index contributed by atoms with van der Waals surface area (Å²) in [6.45, 7) is 5.41. The smallest absolute Gasteiger partial charge is 0.310 e. The van der Waals surface area contributed by atoms with E-state index in [-0.39, 0.29) is 18.9 Å². The molecule has 0 aliphatic heterocycles. The number of aryl methyl sites for hydroxylation is 1. The Labute approximate surface area is 242 Å². The molecule has 0 bridgehead atoms. The van der Waals surface area contributed by atoms with Crippen LogP contribution < -0.4 is 0 Å². The zero-order valence-electron chi connectivity index (χ0n) is 22.9. The van der Waals surface area contributed by atoms with Crippen LogP contribution >= 0.6 is 11.6 Å². The maximum absolute atomic E-state index is 12.9. The molecule has 5 rings (SSSR count). The third-order valence-corrected chi connectivity index (χ3v) is 7.35. The van der Waals surface area contributed by atoms with Gasteiger partial charge in [-0.05, 0) is 90.7 Å². The zero-order chi connectivity index (χ0) is 29.8. The fraction of sp³-hybridized carbons (Fsp3) is 0.182. The van der Waals surface area contributed by atoms with Gasteiger partial charge in [-0.1, -0.05) is 53.6 Å². The Morgan fingerprint density at radius 1 is 0.854 bits per heavy atom. The normalized spacial score (nSPS) is 11.6. The summed E-state index contributed by atoms with van der Waals surface area (Å²) < 4.78 is 1.58. The van der Waals surface area contributed by atoms with Gasteiger partial charge in [-0.15, -0.1) is 0 Å².